The van der Waals surface area contributed by atoms with E-state index in [-0.39, 0.29) is 6.04 Å². The normalized spacial score (nSPS) is 17.1. The average Bonchev–Trinajstić information content (AvgIpc) is 2.18. The van der Waals surface area contributed by atoms with Crippen molar-refractivity contribution < 1.29 is 9.50 Å². The van der Waals surface area contributed by atoms with Gasteiger partial charge < -0.3 is 10.4 Å². The monoisotopic (exact) mass is 212 g/mol. The molecule has 2 atom stereocenters. The van der Waals surface area contributed by atoms with Crippen LogP contribution in [0.5, 0.6) is 0 Å². The third-order valence-electron chi connectivity index (χ3n) is 2.60. The van der Waals surface area contributed by atoms with Crippen molar-refractivity contribution >= 4 is 0 Å². The molecule has 4 heteroatoms. The van der Waals surface area contributed by atoms with Gasteiger partial charge >= 0.3 is 0 Å². The van der Waals surface area contributed by atoms with Crippen LogP contribution in [0.25, 0.3) is 0 Å². The van der Waals surface area contributed by atoms with Gasteiger partial charge in [-0.15, -0.1) is 0 Å². The number of aromatic nitrogens is 1. The highest BCUT2D eigenvalue weighted by atomic mass is 19.1. The predicted molar refractivity (Wildman–Crippen MR) is 56.9 cm³/mol. The van der Waals surface area contributed by atoms with Crippen LogP contribution in [-0.2, 0) is 5.60 Å². The summed E-state index contributed by atoms with van der Waals surface area (Å²) in [5, 5.41) is 13.3. The van der Waals surface area contributed by atoms with E-state index in [0.29, 0.717) is 5.69 Å². The van der Waals surface area contributed by atoms with Crippen molar-refractivity contribution in [2.24, 2.45) is 0 Å². The smallest absolute Gasteiger partial charge is 0.141 e. The summed E-state index contributed by atoms with van der Waals surface area (Å²) in [7, 11) is 0. The first-order valence-corrected chi connectivity index (χ1v) is 5.06. The second kappa shape index (κ2) is 4.68. The number of hydrogen-bond donors (Lipinski definition) is 2. The maximum Gasteiger partial charge on any atom is 0.141 e. The molecule has 0 amide bonds. The third kappa shape index (κ3) is 2.73. The summed E-state index contributed by atoms with van der Waals surface area (Å²) in [6, 6.07) is 2.67. The quantitative estimate of drug-likeness (QED) is 0.793. The zero-order valence-corrected chi connectivity index (χ0v) is 9.29. The summed E-state index contributed by atoms with van der Waals surface area (Å²) < 4.78 is 12.7. The molecule has 0 bridgehead atoms. The molecule has 1 heterocycles. The minimum absolute atomic E-state index is 0.138. The number of halogens is 1. The zero-order chi connectivity index (χ0) is 11.5. The fourth-order valence-corrected chi connectivity index (χ4v) is 1.40. The van der Waals surface area contributed by atoms with Crippen molar-refractivity contribution in [2.45, 2.75) is 32.4 Å². The Kier molecular flexibility index (Phi) is 3.77. The molecule has 0 spiro atoms. The Bertz CT molecular complexity index is 311. The Morgan fingerprint density at radius 2 is 2.27 bits per heavy atom. The van der Waals surface area contributed by atoms with Crippen molar-refractivity contribution in [3.63, 3.8) is 0 Å². The van der Waals surface area contributed by atoms with E-state index >= 15 is 0 Å². The molecule has 1 aromatic heterocycles. The molecule has 1 aromatic rings. The topological polar surface area (TPSA) is 45.1 Å². The molecule has 1 rings (SSSR count). The number of nitrogens with one attached hydrogen (secondary N) is 1. The number of hydrogen-bond acceptors (Lipinski definition) is 3. The van der Waals surface area contributed by atoms with Gasteiger partial charge in [0.25, 0.3) is 0 Å². The van der Waals surface area contributed by atoms with E-state index in [1.165, 1.54) is 12.1 Å². The molecule has 0 aromatic carbocycles. The van der Waals surface area contributed by atoms with Crippen LogP contribution in [0.15, 0.2) is 18.3 Å². The Labute approximate surface area is 89.4 Å². The van der Waals surface area contributed by atoms with Gasteiger partial charge in [0.1, 0.15) is 11.4 Å². The first kappa shape index (κ1) is 12.1. The predicted octanol–water partition coefficient (Wildman–Crippen LogP) is 1.43. The minimum atomic E-state index is -1.09. The molecule has 0 aliphatic rings. The summed E-state index contributed by atoms with van der Waals surface area (Å²) in [6.45, 7) is 6.26. The number of pyridine rings is 1. The van der Waals surface area contributed by atoms with Gasteiger partial charge in [0.15, 0.2) is 0 Å². The zero-order valence-electron chi connectivity index (χ0n) is 9.29. The van der Waals surface area contributed by atoms with Gasteiger partial charge in [-0.25, -0.2) is 4.39 Å². The molecule has 2 N–H and O–H groups in total. The van der Waals surface area contributed by atoms with E-state index in [9.17, 15) is 9.50 Å². The van der Waals surface area contributed by atoms with Gasteiger partial charge in [0.2, 0.25) is 0 Å². The number of rotatable bonds is 4. The molecule has 0 aliphatic carbocycles. The fraction of sp³-hybridized carbons (Fsp3) is 0.545. The van der Waals surface area contributed by atoms with E-state index in [1.807, 2.05) is 13.8 Å². The Hall–Kier alpha value is -1.00. The van der Waals surface area contributed by atoms with E-state index in [4.69, 9.17) is 0 Å². The molecule has 0 saturated heterocycles. The Morgan fingerprint density at radius 1 is 1.60 bits per heavy atom. The van der Waals surface area contributed by atoms with Crippen LogP contribution in [0.4, 0.5) is 4.39 Å². The van der Waals surface area contributed by atoms with Gasteiger partial charge in [-0.1, -0.05) is 6.92 Å². The van der Waals surface area contributed by atoms with Crippen molar-refractivity contribution in [3.8, 4) is 0 Å². The largest absolute Gasteiger partial charge is 0.382 e. The third-order valence-corrected chi connectivity index (χ3v) is 2.60. The molecule has 15 heavy (non-hydrogen) atoms. The van der Waals surface area contributed by atoms with Crippen LogP contribution in [-0.4, -0.2) is 22.7 Å². The van der Waals surface area contributed by atoms with E-state index in [2.05, 4.69) is 10.3 Å². The average molecular weight is 212 g/mol. The van der Waals surface area contributed by atoms with Crippen LogP contribution in [0.2, 0.25) is 0 Å². The first-order chi connectivity index (χ1) is 6.98. The minimum Gasteiger partial charge on any atom is -0.382 e. The van der Waals surface area contributed by atoms with Crippen LogP contribution < -0.4 is 5.32 Å². The van der Waals surface area contributed by atoms with Crippen molar-refractivity contribution in [1.29, 1.82) is 0 Å². The molecule has 84 valence electrons. The van der Waals surface area contributed by atoms with Gasteiger partial charge in [-0.3, -0.25) is 4.98 Å². The van der Waals surface area contributed by atoms with Gasteiger partial charge in [-0.2, -0.15) is 0 Å². The molecule has 2 unspecified atom stereocenters. The lowest BCUT2D eigenvalue weighted by Crippen LogP contribution is -2.45. The van der Waals surface area contributed by atoms with Crippen molar-refractivity contribution in [3.05, 3.63) is 29.8 Å². The highest BCUT2D eigenvalue weighted by Crippen LogP contribution is 2.22. The van der Waals surface area contributed by atoms with Crippen LogP contribution in [0.1, 0.15) is 26.5 Å². The lowest BCUT2D eigenvalue weighted by molar-refractivity contribution is 0.0179. The second-order valence-electron chi connectivity index (χ2n) is 3.79. The summed E-state index contributed by atoms with van der Waals surface area (Å²) >= 11 is 0. The van der Waals surface area contributed by atoms with Gasteiger partial charge in [0, 0.05) is 6.04 Å². The summed E-state index contributed by atoms with van der Waals surface area (Å²) in [4.78, 5) is 3.89. The number of aliphatic hydroxyl groups is 1. The second-order valence-corrected chi connectivity index (χ2v) is 3.79. The van der Waals surface area contributed by atoms with E-state index in [1.54, 1.807) is 6.92 Å². The molecule has 0 saturated carbocycles. The van der Waals surface area contributed by atoms with Crippen LogP contribution in [0.3, 0.4) is 0 Å². The maximum atomic E-state index is 12.7. The summed E-state index contributed by atoms with van der Waals surface area (Å²) in [6.07, 6.45) is 1.11. The van der Waals surface area contributed by atoms with Gasteiger partial charge in [-0.05, 0) is 32.5 Å². The molecule has 0 fully saturated rings. The Balaban J connectivity index is 2.89. The molecule has 0 radical (unpaired) electrons. The molecular formula is C11H17FN2O. The van der Waals surface area contributed by atoms with Gasteiger partial charge in [0.05, 0.1) is 11.9 Å². The summed E-state index contributed by atoms with van der Waals surface area (Å²) in [5.74, 6) is -0.398. The standard InChI is InChI=1S/C11H17FN2O/c1-4-13-8(2)11(3,15)10-6-5-9(12)7-14-10/h5-8,13,15H,4H2,1-3H3. The maximum absolute atomic E-state index is 12.7. The lowest BCUT2D eigenvalue weighted by Gasteiger charge is -2.30. The van der Waals surface area contributed by atoms with E-state index < -0.39 is 11.4 Å². The molecule has 3 nitrogen and oxygen atoms in total. The van der Waals surface area contributed by atoms with Crippen LogP contribution in [0, 0.1) is 5.82 Å². The fourth-order valence-electron chi connectivity index (χ4n) is 1.40. The highest BCUT2D eigenvalue weighted by molar-refractivity contribution is 5.15. The summed E-state index contributed by atoms with van der Waals surface area (Å²) in [5.41, 5.74) is -0.624. The van der Waals surface area contributed by atoms with E-state index in [0.717, 1.165) is 12.7 Å². The lowest BCUT2D eigenvalue weighted by atomic mass is 9.93. The molecular weight excluding hydrogens is 195 g/mol. The van der Waals surface area contributed by atoms with Crippen molar-refractivity contribution in [1.82, 2.24) is 10.3 Å². The Morgan fingerprint density at radius 3 is 2.73 bits per heavy atom. The molecule has 0 aliphatic heterocycles. The SMILES string of the molecule is CCNC(C)C(C)(O)c1ccc(F)cn1. The highest BCUT2D eigenvalue weighted by Gasteiger charge is 2.31. The van der Waals surface area contributed by atoms with Crippen LogP contribution >= 0.6 is 0 Å². The first-order valence-electron chi connectivity index (χ1n) is 5.06. The number of nitrogens with zero attached hydrogens (tertiary/aromatic N) is 1. The van der Waals surface area contributed by atoms with Crippen molar-refractivity contribution in [2.75, 3.05) is 6.54 Å². The number of likely N-dealkylation sites (N-methyl/N-ethyl adjacent to an activating group) is 1.